The second-order valence-corrected chi connectivity index (χ2v) is 12.9. The van der Waals surface area contributed by atoms with Gasteiger partial charge in [0.05, 0.1) is 49.3 Å². The molecule has 55 heavy (non-hydrogen) atoms. The van der Waals surface area contributed by atoms with Crippen molar-refractivity contribution in [1.82, 2.24) is 10.3 Å². The normalized spacial score (nSPS) is 16.9. The van der Waals surface area contributed by atoms with Crippen LogP contribution in [0.1, 0.15) is 57.8 Å². The molecule has 2 amide bonds. The SMILES string of the molecule is CCOC(=O)C[C@H]1[C@H](OC(=O)Cc2ccc3c(c2)OCO3)[C@@H](NC(=O)c2ccc3ccccc3n2)c2cc(OCCCO)ccc2N1C(=O)c1ccccc1. The Labute approximate surface area is 316 Å². The molecule has 0 bridgehead atoms. The van der Waals surface area contributed by atoms with E-state index < -0.39 is 41.9 Å². The Balaban J connectivity index is 1.34. The van der Waals surface area contributed by atoms with Crippen LogP contribution in [-0.4, -0.2) is 72.6 Å². The first-order valence-electron chi connectivity index (χ1n) is 18.0. The maximum Gasteiger partial charge on any atom is 0.310 e. The number of ether oxygens (including phenoxy) is 5. The zero-order chi connectivity index (χ0) is 38.3. The molecule has 0 unspecified atom stereocenters. The molecule has 0 fully saturated rings. The van der Waals surface area contributed by atoms with Crippen molar-refractivity contribution in [3.63, 3.8) is 0 Å². The van der Waals surface area contributed by atoms with Crippen LogP contribution in [0, 0.1) is 0 Å². The van der Waals surface area contributed by atoms with Gasteiger partial charge in [-0.1, -0.05) is 48.5 Å². The summed E-state index contributed by atoms with van der Waals surface area (Å²) in [6.45, 7) is 1.91. The highest BCUT2D eigenvalue weighted by Crippen LogP contribution is 2.43. The molecule has 3 atom stereocenters. The number of para-hydroxylation sites is 1. The van der Waals surface area contributed by atoms with E-state index in [1.54, 1.807) is 91.9 Å². The molecular weight excluding hydrogens is 706 g/mol. The monoisotopic (exact) mass is 745 g/mol. The number of nitrogens with one attached hydrogen (secondary N) is 1. The minimum Gasteiger partial charge on any atom is -0.493 e. The van der Waals surface area contributed by atoms with E-state index >= 15 is 0 Å². The number of anilines is 1. The summed E-state index contributed by atoms with van der Waals surface area (Å²) >= 11 is 0. The number of aromatic nitrogens is 1. The molecular formula is C42H39N3O10. The van der Waals surface area contributed by atoms with Crippen LogP contribution in [0.25, 0.3) is 10.9 Å². The van der Waals surface area contributed by atoms with Crippen molar-refractivity contribution < 1.29 is 48.0 Å². The zero-order valence-electron chi connectivity index (χ0n) is 30.0. The Kier molecular flexibility index (Phi) is 11.2. The van der Waals surface area contributed by atoms with Gasteiger partial charge in [0.25, 0.3) is 11.8 Å². The number of fused-ring (bicyclic) bond motifs is 3. The van der Waals surface area contributed by atoms with E-state index in [9.17, 15) is 24.3 Å². The van der Waals surface area contributed by atoms with Gasteiger partial charge >= 0.3 is 11.9 Å². The van der Waals surface area contributed by atoms with E-state index in [0.29, 0.717) is 51.6 Å². The molecule has 0 spiro atoms. The third-order valence-electron chi connectivity index (χ3n) is 9.30. The fourth-order valence-corrected chi connectivity index (χ4v) is 6.77. The Morgan fingerprint density at radius 2 is 1.69 bits per heavy atom. The number of esters is 2. The summed E-state index contributed by atoms with van der Waals surface area (Å²) in [5, 5.41) is 13.3. The van der Waals surface area contributed by atoms with Crippen LogP contribution in [-0.2, 0) is 25.5 Å². The van der Waals surface area contributed by atoms with Gasteiger partial charge in [-0.2, -0.15) is 0 Å². The second kappa shape index (κ2) is 16.7. The summed E-state index contributed by atoms with van der Waals surface area (Å²) < 4.78 is 28.6. The zero-order valence-corrected chi connectivity index (χ0v) is 30.0. The molecule has 7 rings (SSSR count). The molecule has 2 N–H and O–H groups in total. The Bertz CT molecular complexity index is 2210. The number of nitrogens with zero attached hydrogens (tertiary/aromatic N) is 2. The maximum atomic E-state index is 14.6. The van der Waals surface area contributed by atoms with Crippen molar-refractivity contribution >= 4 is 40.3 Å². The molecule has 1 aromatic heterocycles. The van der Waals surface area contributed by atoms with Gasteiger partial charge in [-0.3, -0.25) is 19.2 Å². The second-order valence-electron chi connectivity index (χ2n) is 12.9. The molecule has 5 aromatic rings. The van der Waals surface area contributed by atoms with Gasteiger partial charge in [0.2, 0.25) is 6.79 Å². The lowest BCUT2D eigenvalue weighted by molar-refractivity contribution is -0.154. The summed E-state index contributed by atoms with van der Waals surface area (Å²) in [5.41, 5.74) is 2.35. The Hall–Kier alpha value is -6.47. The van der Waals surface area contributed by atoms with Gasteiger partial charge in [0, 0.05) is 29.5 Å². The van der Waals surface area contributed by atoms with Crippen molar-refractivity contribution in [3.05, 3.63) is 126 Å². The third kappa shape index (κ3) is 8.21. The van der Waals surface area contributed by atoms with Crippen molar-refractivity contribution in [3.8, 4) is 17.2 Å². The first kappa shape index (κ1) is 36.9. The lowest BCUT2D eigenvalue weighted by Gasteiger charge is -2.45. The fourth-order valence-electron chi connectivity index (χ4n) is 6.77. The lowest BCUT2D eigenvalue weighted by atomic mass is 9.85. The third-order valence-corrected chi connectivity index (χ3v) is 9.30. The molecule has 13 nitrogen and oxygen atoms in total. The van der Waals surface area contributed by atoms with Gasteiger partial charge in [0.1, 0.15) is 17.5 Å². The number of carbonyl (C=O) groups excluding carboxylic acids is 4. The highest BCUT2D eigenvalue weighted by atomic mass is 16.7. The number of pyridine rings is 1. The molecule has 2 aliphatic heterocycles. The van der Waals surface area contributed by atoms with Gasteiger partial charge in [-0.25, -0.2) is 4.98 Å². The summed E-state index contributed by atoms with van der Waals surface area (Å²) in [7, 11) is 0. The first-order valence-corrected chi connectivity index (χ1v) is 18.0. The molecule has 0 radical (unpaired) electrons. The quantitative estimate of drug-likeness (QED) is 0.118. The topological polar surface area (TPSA) is 163 Å². The van der Waals surface area contributed by atoms with Gasteiger partial charge in [-0.15, -0.1) is 0 Å². The van der Waals surface area contributed by atoms with E-state index in [-0.39, 0.29) is 45.1 Å². The van der Waals surface area contributed by atoms with Crippen LogP contribution in [0.3, 0.4) is 0 Å². The van der Waals surface area contributed by atoms with Crippen molar-refractivity contribution in [2.24, 2.45) is 0 Å². The highest BCUT2D eigenvalue weighted by molar-refractivity contribution is 6.08. The van der Waals surface area contributed by atoms with E-state index in [1.165, 1.54) is 4.90 Å². The molecule has 2 aliphatic rings. The van der Waals surface area contributed by atoms with Crippen LogP contribution in [0.4, 0.5) is 5.69 Å². The molecule has 0 saturated heterocycles. The van der Waals surface area contributed by atoms with Crippen molar-refractivity contribution in [2.75, 3.05) is 31.5 Å². The number of aliphatic hydroxyl groups is 1. The molecule has 4 aromatic carbocycles. The largest absolute Gasteiger partial charge is 0.493 e. The van der Waals surface area contributed by atoms with Crippen LogP contribution >= 0.6 is 0 Å². The number of benzene rings is 4. The Morgan fingerprint density at radius 1 is 0.891 bits per heavy atom. The standard InChI is InChI=1S/C42H39N3O10/c1-2-51-37(47)24-34-40(55-38(48)22-26-13-18-35-36(21-26)54-25-53-35)39(44-41(49)32-16-14-27-9-6-7-12-31(27)43-32)30-23-29(52-20-8-19-46)15-17-33(30)45(34)42(50)28-10-4-3-5-11-28/h3-7,9-18,21,23,34,39-40,46H,2,8,19-20,22,24-25H2,1H3,(H,44,49)/t34-,39-,40-/m0/s1. The smallest absolute Gasteiger partial charge is 0.310 e. The number of carbonyl (C=O) groups is 4. The average Bonchev–Trinajstić information content (AvgIpc) is 3.67. The summed E-state index contributed by atoms with van der Waals surface area (Å²) in [6, 6.07) is 27.1. The molecule has 13 heteroatoms. The van der Waals surface area contributed by atoms with E-state index in [2.05, 4.69) is 10.3 Å². The van der Waals surface area contributed by atoms with Crippen LogP contribution in [0.2, 0.25) is 0 Å². The van der Waals surface area contributed by atoms with Crippen molar-refractivity contribution in [2.45, 2.75) is 44.4 Å². The van der Waals surface area contributed by atoms with Gasteiger partial charge < -0.3 is 39.0 Å². The van der Waals surface area contributed by atoms with E-state index in [0.717, 1.165) is 5.39 Å². The number of amides is 2. The van der Waals surface area contributed by atoms with Gasteiger partial charge in [0.15, 0.2) is 11.5 Å². The molecule has 282 valence electrons. The predicted octanol–water partition coefficient (Wildman–Crippen LogP) is 5.33. The van der Waals surface area contributed by atoms with E-state index in [4.69, 9.17) is 23.7 Å². The minimum absolute atomic E-state index is 0.0602. The van der Waals surface area contributed by atoms with Gasteiger partial charge in [-0.05, 0) is 67.1 Å². The number of hydrogen-bond acceptors (Lipinski definition) is 11. The molecule has 0 aliphatic carbocycles. The molecule has 3 heterocycles. The predicted molar refractivity (Wildman–Crippen MR) is 200 cm³/mol. The molecule has 0 saturated carbocycles. The van der Waals surface area contributed by atoms with E-state index in [1.807, 2.05) is 18.2 Å². The lowest BCUT2D eigenvalue weighted by Crippen LogP contribution is -2.58. The van der Waals surface area contributed by atoms with Crippen LogP contribution in [0.15, 0.2) is 103 Å². The average molecular weight is 746 g/mol. The maximum absolute atomic E-state index is 14.6. The fraction of sp³-hybridized carbons (Fsp3) is 0.262. The summed E-state index contributed by atoms with van der Waals surface area (Å²) in [6.07, 6.45) is -1.52. The summed E-state index contributed by atoms with van der Waals surface area (Å²) in [5.74, 6) is -0.955. The van der Waals surface area contributed by atoms with Crippen LogP contribution < -0.4 is 24.4 Å². The Morgan fingerprint density at radius 3 is 2.51 bits per heavy atom. The number of rotatable bonds is 13. The first-order chi connectivity index (χ1) is 26.8. The number of aliphatic hydroxyl groups excluding tert-OH is 1. The summed E-state index contributed by atoms with van der Waals surface area (Å²) in [4.78, 5) is 62.1. The number of hydrogen-bond donors (Lipinski definition) is 2. The van der Waals surface area contributed by atoms with Crippen LogP contribution in [0.5, 0.6) is 17.2 Å². The minimum atomic E-state index is -1.32. The highest BCUT2D eigenvalue weighted by Gasteiger charge is 2.48. The van der Waals surface area contributed by atoms with Crippen molar-refractivity contribution in [1.29, 1.82) is 0 Å².